The van der Waals surface area contributed by atoms with Crippen LogP contribution in [0.3, 0.4) is 0 Å². The van der Waals surface area contributed by atoms with E-state index in [0.29, 0.717) is 6.42 Å². The third kappa shape index (κ3) is 5.05. The lowest BCUT2D eigenvalue weighted by Gasteiger charge is -2.39. The molecule has 1 saturated heterocycles. The number of benzene rings is 2. The third-order valence-electron chi connectivity index (χ3n) is 7.79. The van der Waals surface area contributed by atoms with Gasteiger partial charge in [-0.05, 0) is 36.0 Å². The first kappa shape index (κ1) is 24.6. The second-order valence-corrected chi connectivity index (χ2v) is 11.2. The molecule has 1 N–H and O–H groups in total. The molecule has 6 heteroatoms. The van der Waals surface area contributed by atoms with E-state index in [9.17, 15) is 9.59 Å². The Morgan fingerprint density at radius 2 is 1.67 bits per heavy atom. The molecule has 0 aromatic heterocycles. The van der Waals surface area contributed by atoms with Gasteiger partial charge in [0.25, 0.3) is 0 Å². The number of carbonyl (C=O) groups excluding carboxylic acids is 2. The van der Waals surface area contributed by atoms with Crippen molar-refractivity contribution in [2.75, 3.05) is 42.9 Å². The predicted octanol–water partition coefficient (Wildman–Crippen LogP) is 4.68. The van der Waals surface area contributed by atoms with Gasteiger partial charge in [0, 0.05) is 50.4 Å². The van der Waals surface area contributed by atoms with Crippen molar-refractivity contribution in [2.24, 2.45) is 5.41 Å². The number of carbonyl (C=O) groups is 2. The highest BCUT2D eigenvalue weighted by Gasteiger charge is 2.40. The van der Waals surface area contributed by atoms with Gasteiger partial charge in [0.1, 0.15) is 0 Å². The number of hydrogen-bond donors (Lipinski definition) is 1. The van der Waals surface area contributed by atoms with Crippen molar-refractivity contribution in [1.29, 1.82) is 0 Å². The van der Waals surface area contributed by atoms with Crippen LogP contribution in [0.5, 0.6) is 0 Å². The maximum Gasteiger partial charge on any atom is 0.242 e. The number of rotatable bonds is 5. The molecule has 1 fully saturated rings. The summed E-state index contributed by atoms with van der Waals surface area (Å²) in [5.74, 6) is 0.343. The van der Waals surface area contributed by atoms with Gasteiger partial charge in [-0.25, -0.2) is 0 Å². The van der Waals surface area contributed by atoms with E-state index in [2.05, 4.69) is 72.3 Å². The van der Waals surface area contributed by atoms with Crippen LogP contribution in [0.4, 0.5) is 11.4 Å². The van der Waals surface area contributed by atoms with E-state index in [-0.39, 0.29) is 29.7 Å². The molecule has 0 radical (unpaired) electrons. The second-order valence-electron chi connectivity index (χ2n) is 11.2. The Morgan fingerprint density at radius 1 is 0.972 bits per heavy atom. The fraction of sp³-hybridized carbons (Fsp3) is 0.467. The van der Waals surface area contributed by atoms with Crippen LogP contribution in [0.15, 0.2) is 65.9 Å². The minimum atomic E-state index is -0.108. The standard InChI is InChI=1S/C30H38N4O2/c1-4-25-29-24(18-30(2,3)19-27(29)35)31-23-12-8-9-13-26(23)34(25)21-28(36)33-16-14-32(15-17-33)20-22-10-6-5-7-11-22/h5-13,25,31H,4,14-21H2,1-3H3/t25-/m1/s1. The number of amides is 1. The molecule has 1 amide bonds. The summed E-state index contributed by atoms with van der Waals surface area (Å²) in [7, 11) is 0. The summed E-state index contributed by atoms with van der Waals surface area (Å²) >= 11 is 0. The van der Waals surface area contributed by atoms with Crippen LogP contribution in [0.2, 0.25) is 0 Å². The number of Topliss-reactive ketones (excluding diaryl/α,β-unsaturated/α-hetero) is 1. The van der Waals surface area contributed by atoms with E-state index in [0.717, 1.165) is 68.2 Å². The molecule has 0 bridgehead atoms. The van der Waals surface area contributed by atoms with Gasteiger partial charge in [-0.15, -0.1) is 0 Å². The highest BCUT2D eigenvalue weighted by atomic mass is 16.2. The third-order valence-corrected chi connectivity index (χ3v) is 7.79. The second kappa shape index (κ2) is 10.1. The molecule has 2 aliphatic heterocycles. The fourth-order valence-electron chi connectivity index (χ4n) is 6.01. The maximum absolute atomic E-state index is 13.6. The zero-order valence-corrected chi connectivity index (χ0v) is 21.8. The molecule has 3 aliphatic rings. The summed E-state index contributed by atoms with van der Waals surface area (Å²) in [6.45, 7) is 10.9. The molecule has 1 aliphatic carbocycles. The summed E-state index contributed by atoms with van der Waals surface area (Å²) in [5.41, 5.74) is 5.11. The topological polar surface area (TPSA) is 55.9 Å². The number of allylic oxidation sites excluding steroid dienone is 1. The minimum absolute atomic E-state index is 0.0689. The molecule has 190 valence electrons. The first-order valence-corrected chi connectivity index (χ1v) is 13.3. The first-order chi connectivity index (χ1) is 17.3. The van der Waals surface area contributed by atoms with Crippen molar-refractivity contribution in [3.8, 4) is 0 Å². The molecule has 6 nitrogen and oxygen atoms in total. The number of nitrogens with zero attached hydrogens (tertiary/aromatic N) is 3. The number of piperazine rings is 1. The Bertz CT molecular complexity index is 1150. The Labute approximate surface area is 215 Å². The van der Waals surface area contributed by atoms with Gasteiger partial charge in [0.15, 0.2) is 5.78 Å². The summed E-state index contributed by atoms with van der Waals surface area (Å²) in [4.78, 5) is 33.6. The molecule has 0 saturated carbocycles. The fourth-order valence-corrected chi connectivity index (χ4v) is 6.01. The van der Waals surface area contributed by atoms with Crippen LogP contribution >= 0.6 is 0 Å². The Hall–Kier alpha value is -3.12. The van der Waals surface area contributed by atoms with Gasteiger partial charge in [-0.1, -0.05) is 63.2 Å². The van der Waals surface area contributed by atoms with Crippen LogP contribution in [0, 0.1) is 5.41 Å². The molecule has 1 atom stereocenters. The number of hydrogen-bond acceptors (Lipinski definition) is 5. The number of para-hydroxylation sites is 2. The molecule has 0 unspecified atom stereocenters. The molecule has 2 heterocycles. The average molecular weight is 487 g/mol. The monoisotopic (exact) mass is 486 g/mol. The SMILES string of the molecule is CC[C@@H]1C2=C(CC(C)(C)CC2=O)Nc2ccccc2N1CC(=O)N1CCN(Cc2ccccc2)CC1. The summed E-state index contributed by atoms with van der Waals surface area (Å²) in [5, 5.41) is 3.61. The number of nitrogens with one attached hydrogen (secondary N) is 1. The van der Waals surface area contributed by atoms with Gasteiger partial charge in [-0.2, -0.15) is 0 Å². The van der Waals surface area contributed by atoms with E-state index in [1.54, 1.807) is 0 Å². The lowest BCUT2D eigenvalue weighted by molar-refractivity contribution is -0.131. The Kier molecular flexibility index (Phi) is 6.89. The normalized spacial score (nSPS) is 22.0. The van der Waals surface area contributed by atoms with Gasteiger partial charge < -0.3 is 15.1 Å². The van der Waals surface area contributed by atoms with Crippen molar-refractivity contribution in [3.05, 3.63) is 71.4 Å². The summed E-state index contributed by atoms with van der Waals surface area (Å²) in [6.07, 6.45) is 2.16. The van der Waals surface area contributed by atoms with Crippen LogP contribution in [-0.4, -0.2) is 60.3 Å². The highest BCUT2D eigenvalue weighted by Crippen LogP contribution is 2.44. The first-order valence-electron chi connectivity index (χ1n) is 13.3. The van der Waals surface area contributed by atoms with Gasteiger partial charge in [0.05, 0.1) is 24.0 Å². The zero-order chi connectivity index (χ0) is 25.3. The minimum Gasteiger partial charge on any atom is -0.357 e. The van der Waals surface area contributed by atoms with Gasteiger partial charge in [0.2, 0.25) is 5.91 Å². The highest BCUT2D eigenvalue weighted by molar-refractivity contribution is 6.01. The van der Waals surface area contributed by atoms with Crippen LogP contribution in [0.1, 0.15) is 45.6 Å². The van der Waals surface area contributed by atoms with Crippen LogP contribution in [-0.2, 0) is 16.1 Å². The van der Waals surface area contributed by atoms with Gasteiger partial charge >= 0.3 is 0 Å². The number of anilines is 2. The molecule has 36 heavy (non-hydrogen) atoms. The lowest BCUT2D eigenvalue weighted by Crippen LogP contribution is -2.52. The lowest BCUT2D eigenvalue weighted by atomic mass is 9.74. The average Bonchev–Trinajstić information content (AvgIpc) is 2.98. The van der Waals surface area contributed by atoms with Crippen LogP contribution in [0.25, 0.3) is 0 Å². The predicted molar refractivity (Wildman–Crippen MR) is 145 cm³/mol. The van der Waals surface area contributed by atoms with Crippen molar-refractivity contribution in [3.63, 3.8) is 0 Å². The Balaban J connectivity index is 1.34. The maximum atomic E-state index is 13.6. The molecule has 2 aromatic carbocycles. The number of ketones is 1. The molecule has 0 spiro atoms. The molecular formula is C30H38N4O2. The van der Waals surface area contributed by atoms with E-state index in [4.69, 9.17) is 0 Å². The van der Waals surface area contributed by atoms with Crippen molar-refractivity contribution < 1.29 is 9.59 Å². The Morgan fingerprint density at radius 3 is 2.39 bits per heavy atom. The van der Waals surface area contributed by atoms with Crippen molar-refractivity contribution in [1.82, 2.24) is 9.80 Å². The van der Waals surface area contributed by atoms with Crippen molar-refractivity contribution in [2.45, 2.75) is 52.6 Å². The quantitative estimate of drug-likeness (QED) is 0.665. The van der Waals surface area contributed by atoms with Crippen molar-refractivity contribution >= 4 is 23.1 Å². The number of fused-ring (bicyclic) bond motifs is 1. The van der Waals surface area contributed by atoms with E-state index < -0.39 is 0 Å². The van der Waals surface area contributed by atoms with E-state index in [1.165, 1.54) is 5.56 Å². The van der Waals surface area contributed by atoms with Crippen LogP contribution < -0.4 is 10.2 Å². The molecule has 5 rings (SSSR count). The van der Waals surface area contributed by atoms with E-state index in [1.807, 2.05) is 23.1 Å². The van der Waals surface area contributed by atoms with E-state index >= 15 is 0 Å². The summed E-state index contributed by atoms with van der Waals surface area (Å²) < 4.78 is 0. The largest absolute Gasteiger partial charge is 0.357 e. The van der Waals surface area contributed by atoms with Gasteiger partial charge in [-0.3, -0.25) is 14.5 Å². The summed E-state index contributed by atoms with van der Waals surface area (Å²) in [6, 6.07) is 18.6. The molecule has 2 aromatic rings. The molecular weight excluding hydrogens is 448 g/mol. The zero-order valence-electron chi connectivity index (χ0n) is 21.8. The smallest absolute Gasteiger partial charge is 0.242 e.